The van der Waals surface area contributed by atoms with Gasteiger partial charge >= 0.3 is 0 Å². The molecule has 1 aliphatic rings. The number of hydrogen-bond donors (Lipinski definition) is 3. The molecule has 0 radical (unpaired) electrons. The molecular weight excluding hydrogens is 394 g/mol. The maximum atomic E-state index is 11.7. The van der Waals surface area contributed by atoms with Crippen LogP contribution in [-0.4, -0.2) is 43.1 Å². The van der Waals surface area contributed by atoms with Gasteiger partial charge < -0.3 is 25.4 Å². The van der Waals surface area contributed by atoms with Gasteiger partial charge in [-0.25, -0.2) is 9.98 Å². The van der Waals surface area contributed by atoms with E-state index in [0.717, 1.165) is 30.7 Å². The average molecular weight is 426 g/mol. The molecule has 1 saturated carbocycles. The van der Waals surface area contributed by atoms with Gasteiger partial charge in [0.25, 0.3) is 0 Å². The van der Waals surface area contributed by atoms with Crippen LogP contribution in [0, 0.1) is 5.92 Å². The van der Waals surface area contributed by atoms with E-state index < -0.39 is 0 Å². The number of aromatic nitrogens is 1. The Balaban J connectivity index is 1.50. The van der Waals surface area contributed by atoms with Gasteiger partial charge in [-0.1, -0.05) is 0 Å². The zero-order chi connectivity index (χ0) is 21.9. The second-order valence-electron chi connectivity index (χ2n) is 7.20. The Bertz CT molecular complexity index is 866. The molecule has 3 N–H and O–H groups in total. The fourth-order valence-corrected chi connectivity index (χ4v) is 2.86. The summed E-state index contributed by atoms with van der Waals surface area (Å²) in [6.45, 7) is 7.02. The van der Waals surface area contributed by atoms with Gasteiger partial charge in [-0.15, -0.1) is 0 Å². The van der Waals surface area contributed by atoms with Crippen molar-refractivity contribution in [3.63, 3.8) is 0 Å². The molecule has 1 amide bonds. The predicted octanol–water partition coefficient (Wildman–Crippen LogP) is 2.85. The lowest BCUT2D eigenvalue weighted by Crippen LogP contribution is -2.41. The number of hydrogen-bond acceptors (Lipinski definition) is 5. The van der Waals surface area contributed by atoms with Crippen LogP contribution in [0.25, 0.3) is 0 Å². The minimum Gasteiger partial charge on any atom is -0.494 e. The number of pyridine rings is 1. The Hall–Kier alpha value is -3.29. The first-order chi connectivity index (χ1) is 15.2. The van der Waals surface area contributed by atoms with Gasteiger partial charge in [-0.3, -0.25) is 4.79 Å². The summed E-state index contributed by atoms with van der Waals surface area (Å²) >= 11 is 0. The predicted molar refractivity (Wildman–Crippen MR) is 120 cm³/mol. The van der Waals surface area contributed by atoms with Gasteiger partial charge in [0, 0.05) is 37.8 Å². The third-order valence-electron chi connectivity index (χ3n) is 4.59. The summed E-state index contributed by atoms with van der Waals surface area (Å²) < 4.78 is 11.3. The number of nitrogens with one attached hydrogen (secondary N) is 3. The van der Waals surface area contributed by atoms with Crippen LogP contribution in [-0.2, 0) is 11.3 Å². The molecule has 1 aliphatic carbocycles. The highest BCUT2D eigenvalue weighted by Gasteiger charge is 2.28. The van der Waals surface area contributed by atoms with Crippen molar-refractivity contribution in [3.05, 3.63) is 48.2 Å². The van der Waals surface area contributed by atoms with Crippen molar-refractivity contribution in [2.75, 3.05) is 26.2 Å². The first-order valence-corrected chi connectivity index (χ1v) is 10.8. The fourth-order valence-electron chi connectivity index (χ4n) is 2.86. The number of benzene rings is 1. The molecule has 0 unspecified atom stereocenters. The van der Waals surface area contributed by atoms with E-state index in [9.17, 15) is 4.79 Å². The lowest BCUT2D eigenvalue weighted by atomic mass is 10.2. The van der Waals surface area contributed by atoms with Crippen LogP contribution < -0.4 is 25.4 Å². The molecule has 1 aromatic carbocycles. The molecule has 0 spiro atoms. The van der Waals surface area contributed by atoms with Crippen LogP contribution in [0.5, 0.6) is 17.4 Å². The summed E-state index contributed by atoms with van der Waals surface area (Å²) in [6, 6.07) is 11.2. The number of ether oxygens (including phenoxy) is 2. The van der Waals surface area contributed by atoms with E-state index >= 15 is 0 Å². The first-order valence-electron chi connectivity index (χ1n) is 10.8. The van der Waals surface area contributed by atoms with E-state index in [4.69, 9.17) is 9.47 Å². The van der Waals surface area contributed by atoms with Crippen molar-refractivity contribution in [3.8, 4) is 17.4 Å². The summed E-state index contributed by atoms with van der Waals surface area (Å²) in [5.74, 6) is 3.10. The van der Waals surface area contributed by atoms with Crippen LogP contribution in [0.4, 0.5) is 0 Å². The molecule has 1 aromatic heterocycles. The summed E-state index contributed by atoms with van der Waals surface area (Å²) in [6.07, 6.45) is 3.74. The molecule has 8 nitrogen and oxygen atoms in total. The second kappa shape index (κ2) is 11.8. The summed E-state index contributed by atoms with van der Waals surface area (Å²) in [4.78, 5) is 20.6. The molecular formula is C23H31N5O3. The first kappa shape index (κ1) is 22.4. The standard InChI is InChI=1S/C23H31N5O3/c1-3-24-23(27-14-13-26-22(29)18-5-6-18)28-16-17-11-12-25-21(15-17)31-20-9-7-19(8-10-20)30-4-2/h7-12,15,18H,3-6,13-14,16H2,1-2H3,(H,26,29)(H2,24,27,28). The maximum Gasteiger partial charge on any atom is 0.223 e. The Labute approximate surface area is 183 Å². The highest BCUT2D eigenvalue weighted by Crippen LogP contribution is 2.28. The smallest absolute Gasteiger partial charge is 0.223 e. The van der Waals surface area contributed by atoms with E-state index in [1.54, 1.807) is 6.20 Å². The lowest BCUT2D eigenvalue weighted by Gasteiger charge is -2.12. The molecule has 166 valence electrons. The van der Waals surface area contributed by atoms with Crippen LogP contribution >= 0.6 is 0 Å². The van der Waals surface area contributed by atoms with E-state index in [0.29, 0.717) is 43.8 Å². The summed E-state index contributed by atoms with van der Waals surface area (Å²) in [7, 11) is 0. The Kier molecular flexibility index (Phi) is 8.51. The van der Waals surface area contributed by atoms with Crippen molar-refractivity contribution in [2.24, 2.45) is 10.9 Å². The van der Waals surface area contributed by atoms with Gasteiger partial charge in [-0.05, 0) is 62.6 Å². The van der Waals surface area contributed by atoms with Crippen LogP contribution in [0.1, 0.15) is 32.3 Å². The summed E-state index contributed by atoms with van der Waals surface area (Å²) in [5, 5.41) is 9.39. The van der Waals surface area contributed by atoms with Crippen LogP contribution in [0.3, 0.4) is 0 Å². The van der Waals surface area contributed by atoms with Crippen LogP contribution in [0.2, 0.25) is 0 Å². The number of aliphatic imine (C=N–C) groups is 1. The van der Waals surface area contributed by atoms with E-state index in [-0.39, 0.29) is 11.8 Å². The van der Waals surface area contributed by atoms with Gasteiger partial charge in [-0.2, -0.15) is 0 Å². The van der Waals surface area contributed by atoms with Gasteiger partial charge in [0.05, 0.1) is 13.2 Å². The number of guanidine groups is 1. The molecule has 31 heavy (non-hydrogen) atoms. The lowest BCUT2D eigenvalue weighted by molar-refractivity contribution is -0.122. The number of carbonyl (C=O) groups excluding carboxylic acids is 1. The van der Waals surface area contributed by atoms with Crippen molar-refractivity contribution < 1.29 is 14.3 Å². The molecule has 2 aromatic rings. The van der Waals surface area contributed by atoms with Crippen molar-refractivity contribution in [2.45, 2.75) is 33.2 Å². The quantitative estimate of drug-likeness (QED) is 0.291. The third kappa shape index (κ3) is 7.81. The van der Waals surface area contributed by atoms with Crippen LogP contribution in [0.15, 0.2) is 47.6 Å². The zero-order valence-corrected chi connectivity index (χ0v) is 18.2. The van der Waals surface area contributed by atoms with Gasteiger partial charge in [0.15, 0.2) is 5.96 Å². The summed E-state index contributed by atoms with van der Waals surface area (Å²) in [5.41, 5.74) is 0.982. The topological polar surface area (TPSA) is 96.9 Å². The number of amides is 1. The molecule has 1 fully saturated rings. The SMILES string of the molecule is CCNC(=NCc1ccnc(Oc2ccc(OCC)cc2)c1)NCCNC(=O)C1CC1. The molecule has 0 saturated heterocycles. The molecule has 8 heteroatoms. The normalized spacial score (nSPS) is 13.4. The number of nitrogens with zero attached hydrogens (tertiary/aromatic N) is 2. The molecule has 1 heterocycles. The van der Waals surface area contributed by atoms with E-state index in [1.807, 2.05) is 50.2 Å². The number of rotatable bonds is 11. The highest BCUT2D eigenvalue weighted by molar-refractivity contribution is 5.81. The Morgan fingerprint density at radius 1 is 1.06 bits per heavy atom. The Morgan fingerprint density at radius 2 is 1.81 bits per heavy atom. The third-order valence-corrected chi connectivity index (χ3v) is 4.59. The van der Waals surface area contributed by atoms with Crippen molar-refractivity contribution in [1.82, 2.24) is 20.9 Å². The minimum atomic E-state index is 0.153. The minimum absolute atomic E-state index is 0.153. The maximum absolute atomic E-state index is 11.7. The molecule has 0 atom stereocenters. The molecule has 0 bridgehead atoms. The molecule has 3 rings (SSSR count). The fraction of sp³-hybridized carbons (Fsp3) is 0.435. The average Bonchev–Trinajstić information content (AvgIpc) is 3.62. The van der Waals surface area contributed by atoms with Crippen molar-refractivity contribution >= 4 is 11.9 Å². The highest BCUT2D eigenvalue weighted by atomic mass is 16.5. The largest absolute Gasteiger partial charge is 0.494 e. The van der Waals surface area contributed by atoms with E-state index in [1.165, 1.54) is 0 Å². The van der Waals surface area contributed by atoms with Crippen molar-refractivity contribution in [1.29, 1.82) is 0 Å². The van der Waals surface area contributed by atoms with Gasteiger partial charge in [0.2, 0.25) is 11.8 Å². The molecule has 0 aliphatic heterocycles. The van der Waals surface area contributed by atoms with E-state index in [2.05, 4.69) is 25.9 Å². The zero-order valence-electron chi connectivity index (χ0n) is 18.2. The number of carbonyl (C=O) groups is 1. The second-order valence-corrected chi connectivity index (χ2v) is 7.20. The monoisotopic (exact) mass is 425 g/mol. The van der Waals surface area contributed by atoms with Gasteiger partial charge in [0.1, 0.15) is 11.5 Å². The Morgan fingerprint density at radius 3 is 2.52 bits per heavy atom.